The van der Waals surface area contributed by atoms with Gasteiger partial charge in [-0.3, -0.25) is 10.3 Å². The molecule has 1 fully saturated rings. The molecule has 0 aromatic heterocycles. The Morgan fingerprint density at radius 2 is 2.33 bits per heavy atom. The quantitative estimate of drug-likeness (QED) is 0.545. The summed E-state index contributed by atoms with van der Waals surface area (Å²) in [6.07, 6.45) is 1.31. The topological polar surface area (TPSA) is 79.4 Å². The second kappa shape index (κ2) is 5.00. The van der Waals surface area contributed by atoms with E-state index < -0.39 is 0 Å². The van der Waals surface area contributed by atoms with Crippen LogP contribution in [0.2, 0.25) is 0 Å². The predicted octanol–water partition coefficient (Wildman–Crippen LogP) is 1.18. The SMILES string of the molecule is CC(C)COC(=O)N1CCCC1C(=N)N. The molecule has 1 unspecified atom stereocenters. The maximum Gasteiger partial charge on any atom is 0.410 e. The summed E-state index contributed by atoms with van der Waals surface area (Å²) in [4.78, 5) is 13.2. The van der Waals surface area contributed by atoms with Crippen LogP contribution >= 0.6 is 0 Å². The number of likely N-dealkylation sites (tertiary alicyclic amines) is 1. The number of hydrogen-bond donors (Lipinski definition) is 2. The molecule has 0 aromatic rings. The van der Waals surface area contributed by atoms with E-state index in [1.54, 1.807) is 4.90 Å². The van der Waals surface area contributed by atoms with Gasteiger partial charge in [-0.25, -0.2) is 4.79 Å². The molecule has 0 aromatic carbocycles. The first-order valence-electron chi connectivity index (χ1n) is 5.29. The van der Waals surface area contributed by atoms with E-state index in [1.807, 2.05) is 13.8 Å². The molecule has 1 atom stereocenters. The minimum atomic E-state index is -0.346. The number of carbonyl (C=O) groups is 1. The summed E-state index contributed by atoms with van der Waals surface area (Å²) in [5, 5.41) is 7.36. The summed E-state index contributed by atoms with van der Waals surface area (Å²) in [6, 6.07) is -0.260. The molecule has 0 aliphatic carbocycles. The second-order valence-corrected chi connectivity index (χ2v) is 4.28. The average molecular weight is 213 g/mol. The highest BCUT2D eigenvalue weighted by atomic mass is 16.6. The van der Waals surface area contributed by atoms with Crippen molar-refractivity contribution in [2.45, 2.75) is 32.7 Å². The average Bonchev–Trinajstić information content (AvgIpc) is 2.62. The summed E-state index contributed by atoms with van der Waals surface area (Å²) < 4.78 is 5.10. The van der Waals surface area contributed by atoms with Crippen molar-refractivity contribution in [3.05, 3.63) is 0 Å². The van der Waals surface area contributed by atoms with Crippen molar-refractivity contribution >= 4 is 11.9 Å². The van der Waals surface area contributed by atoms with Gasteiger partial charge in [0.1, 0.15) is 5.84 Å². The van der Waals surface area contributed by atoms with Crippen molar-refractivity contribution in [1.29, 1.82) is 5.41 Å². The predicted molar refractivity (Wildman–Crippen MR) is 57.8 cm³/mol. The van der Waals surface area contributed by atoms with Crippen LogP contribution in [0.5, 0.6) is 0 Å². The number of carbonyl (C=O) groups excluding carboxylic acids is 1. The maximum absolute atomic E-state index is 11.6. The summed E-state index contributed by atoms with van der Waals surface area (Å²) in [7, 11) is 0. The summed E-state index contributed by atoms with van der Waals surface area (Å²) in [5.41, 5.74) is 5.42. The molecule has 0 saturated carbocycles. The highest BCUT2D eigenvalue weighted by Gasteiger charge is 2.31. The molecule has 1 saturated heterocycles. The molecule has 1 aliphatic rings. The summed E-state index contributed by atoms with van der Waals surface area (Å²) in [5.74, 6) is 0.376. The maximum atomic E-state index is 11.6. The Hall–Kier alpha value is -1.26. The molecule has 0 radical (unpaired) electrons. The molecule has 86 valence electrons. The van der Waals surface area contributed by atoms with Crippen LogP contribution in [0.4, 0.5) is 4.79 Å². The number of ether oxygens (including phenoxy) is 1. The van der Waals surface area contributed by atoms with Gasteiger partial charge in [-0.15, -0.1) is 0 Å². The number of nitrogens with two attached hydrogens (primary N) is 1. The van der Waals surface area contributed by atoms with Crippen LogP contribution in [0.15, 0.2) is 0 Å². The van der Waals surface area contributed by atoms with Gasteiger partial charge in [0, 0.05) is 6.54 Å². The molecule has 5 nitrogen and oxygen atoms in total. The molecule has 1 amide bonds. The summed E-state index contributed by atoms with van der Waals surface area (Å²) >= 11 is 0. The van der Waals surface area contributed by atoms with Gasteiger partial charge >= 0.3 is 6.09 Å². The van der Waals surface area contributed by atoms with Crippen LogP contribution in [-0.2, 0) is 4.74 Å². The van der Waals surface area contributed by atoms with Gasteiger partial charge in [-0.2, -0.15) is 0 Å². The van der Waals surface area contributed by atoms with Crippen molar-refractivity contribution in [1.82, 2.24) is 4.90 Å². The zero-order valence-corrected chi connectivity index (χ0v) is 9.32. The number of rotatable bonds is 3. The fourth-order valence-corrected chi connectivity index (χ4v) is 1.63. The van der Waals surface area contributed by atoms with E-state index in [4.69, 9.17) is 15.9 Å². The third kappa shape index (κ3) is 3.11. The van der Waals surface area contributed by atoms with E-state index in [1.165, 1.54) is 0 Å². The molecule has 1 aliphatic heterocycles. The zero-order valence-electron chi connectivity index (χ0n) is 9.32. The smallest absolute Gasteiger partial charge is 0.410 e. The van der Waals surface area contributed by atoms with E-state index in [2.05, 4.69) is 0 Å². The van der Waals surface area contributed by atoms with Gasteiger partial charge in [-0.05, 0) is 18.8 Å². The Balaban J connectivity index is 2.47. The Morgan fingerprint density at radius 3 is 2.87 bits per heavy atom. The number of amidine groups is 1. The zero-order chi connectivity index (χ0) is 11.4. The van der Waals surface area contributed by atoms with Crippen LogP contribution in [0.1, 0.15) is 26.7 Å². The Kier molecular flexibility index (Phi) is 3.94. The number of hydrogen-bond acceptors (Lipinski definition) is 3. The molecule has 1 rings (SSSR count). The van der Waals surface area contributed by atoms with E-state index >= 15 is 0 Å². The lowest BCUT2D eigenvalue weighted by Gasteiger charge is -2.23. The van der Waals surface area contributed by atoms with Crippen LogP contribution in [0.3, 0.4) is 0 Å². The lowest BCUT2D eigenvalue weighted by Crippen LogP contribution is -2.43. The molecule has 5 heteroatoms. The molecular formula is C10H19N3O2. The van der Waals surface area contributed by atoms with Gasteiger partial charge < -0.3 is 10.5 Å². The van der Waals surface area contributed by atoms with E-state index in [0.717, 1.165) is 12.8 Å². The minimum Gasteiger partial charge on any atom is -0.449 e. The van der Waals surface area contributed by atoms with Crippen molar-refractivity contribution in [3.8, 4) is 0 Å². The van der Waals surface area contributed by atoms with Crippen molar-refractivity contribution in [2.24, 2.45) is 11.7 Å². The molecule has 15 heavy (non-hydrogen) atoms. The van der Waals surface area contributed by atoms with Crippen molar-refractivity contribution < 1.29 is 9.53 Å². The fourth-order valence-electron chi connectivity index (χ4n) is 1.63. The third-order valence-corrected chi connectivity index (χ3v) is 2.39. The number of amides is 1. The van der Waals surface area contributed by atoms with Crippen LogP contribution in [-0.4, -0.2) is 36.0 Å². The standard InChI is InChI=1S/C10H19N3O2/c1-7(2)6-15-10(14)13-5-3-4-8(13)9(11)12/h7-8H,3-6H2,1-2H3,(H3,11,12). The van der Waals surface area contributed by atoms with Gasteiger partial charge in [0.05, 0.1) is 12.6 Å². The first-order chi connectivity index (χ1) is 7.02. The first-order valence-corrected chi connectivity index (χ1v) is 5.29. The van der Waals surface area contributed by atoms with Gasteiger partial charge in [-0.1, -0.05) is 13.8 Å². The highest BCUT2D eigenvalue weighted by molar-refractivity contribution is 5.86. The van der Waals surface area contributed by atoms with Gasteiger partial charge in [0.25, 0.3) is 0 Å². The first kappa shape index (κ1) is 11.8. The lowest BCUT2D eigenvalue weighted by molar-refractivity contribution is 0.0947. The van der Waals surface area contributed by atoms with E-state index in [9.17, 15) is 4.79 Å². The van der Waals surface area contributed by atoms with Crippen LogP contribution in [0.25, 0.3) is 0 Å². The van der Waals surface area contributed by atoms with Gasteiger partial charge in [0.15, 0.2) is 0 Å². The Morgan fingerprint density at radius 1 is 1.67 bits per heavy atom. The lowest BCUT2D eigenvalue weighted by atomic mass is 10.2. The molecular weight excluding hydrogens is 194 g/mol. The van der Waals surface area contributed by atoms with Crippen molar-refractivity contribution in [2.75, 3.05) is 13.2 Å². The Bertz CT molecular complexity index is 253. The van der Waals surface area contributed by atoms with Gasteiger partial charge in [0.2, 0.25) is 0 Å². The number of nitrogens with one attached hydrogen (secondary N) is 1. The van der Waals surface area contributed by atoms with Crippen LogP contribution < -0.4 is 5.73 Å². The monoisotopic (exact) mass is 213 g/mol. The molecule has 0 bridgehead atoms. The van der Waals surface area contributed by atoms with Crippen LogP contribution in [0, 0.1) is 11.3 Å². The Labute approximate surface area is 90.1 Å². The molecule has 3 N–H and O–H groups in total. The van der Waals surface area contributed by atoms with E-state index in [-0.39, 0.29) is 18.0 Å². The fraction of sp³-hybridized carbons (Fsp3) is 0.800. The van der Waals surface area contributed by atoms with E-state index in [0.29, 0.717) is 19.1 Å². The van der Waals surface area contributed by atoms with Crippen molar-refractivity contribution in [3.63, 3.8) is 0 Å². The minimum absolute atomic E-state index is 0.0500. The highest BCUT2D eigenvalue weighted by Crippen LogP contribution is 2.18. The third-order valence-electron chi connectivity index (χ3n) is 2.39. The molecule has 1 heterocycles. The number of nitrogens with zero attached hydrogens (tertiary/aromatic N) is 1. The second-order valence-electron chi connectivity index (χ2n) is 4.28. The summed E-state index contributed by atoms with van der Waals surface area (Å²) in [6.45, 7) is 5.03. The normalized spacial score (nSPS) is 20.7. The largest absolute Gasteiger partial charge is 0.449 e. The molecule has 0 spiro atoms.